The van der Waals surface area contributed by atoms with Crippen LogP contribution in [0, 0.1) is 6.20 Å². The van der Waals surface area contributed by atoms with Gasteiger partial charge in [0.1, 0.15) is 5.75 Å². The SMILES string of the molecule is CCOc1ccc(-c2c[c][nH]c2)cc1. The van der Waals surface area contributed by atoms with E-state index in [0.29, 0.717) is 6.61 Å². The highest BCUT2D eigenvalue weighted by atomic mass is 16.5. The third kappa shape index (κ3) is 1.79. The molecule has 14 heavy (non-hydrogen) atoms. The second kappa shape index (κ2) is 4.01. The maximum absolute atomic E-state index is 5.36. The third-order valence-electron chi connectivity index (χ3n) is 2.04. The first-order valence-electron chi connectivity index (χ1n) is 4.68. The summed E-state index contributed by atoms with van der Waals surface area (Å²) in [6, 6.07) is 9.97. The van der Waals surface area contributed by atoms with Crippen LogP contribution in [0.4, 0.5) is 0 Å². The molecule has 0 bridgehead atoms. The molecule has 0 spiro atoms. The zero-order valence-electron chi connectivity index (χ0n) is 8.08. The Morgan fingerprint density at radius 3 is 2.57 bits per heavy atom. The Hall–Kier alpha value is -1.70. The predicted molar refractivity (Wildman–Crippen MR) is 56.2 cm³/mol. The Kier molecular flexibility index (Phi) is 2.54. The molecule has 71 valence electrons. The maximum Gasteiger partial charge on any atom is 0.119 e. The van der Waals surface area contributed by atoms with E-state index in [1.807, 2.05) is 43.5 Å². The molecule has 2 heteroatoms. The van der Waals surface area contributed by atoms with E-state index in [1.54, 1.807) is 0 Å². The van der Waals surface area contributed by atoms with Gasteiger partial charge in [-0.15, -0.1) is 0 Å². The third-order valence-corrected chi connectivity index (χ3v) is 2.04. The molecule has 2 aromatic rings. The lowest BCUT2D eigenvalue weighted by molar-refractivity contribution is 0.340. The Balaban J connectivity index is 2.22. The first-order valence-corrected chi connectivity index (χ1v) is 4.68. The number of rotatable bonds is 3. The standard InChI is InChI=1S/C12H12NO/c1-2-14-12-5-3-10(4-6-12)11-7-8-13-9-11/h3-7,9,13H,2H2,1H3. The fraction of sp³-hybridized carbons (Fsp3) is 0.167. The molecular weight excluding hydrogens is 174 g/mol. The summed E-state index contributed by atoms with van der Waals surface area (Å²) >= 11 is 0. The van der Waals surface area contributed by atoms with Crippen LogP contribution in [0.1, 0.15) is 6.92 Å². The molecule has 1 aromatic heterocycles. The number of nitrogens with one attached hydrogen (secondary N) is 1. The Bertz CT molecular complexity index is 375. The second-order valence-electron chi connectivity index (χ2n) is 2.99. The van der Waals surface area contributed by atoms with Crippen molar-refractivity contribution in [1.29, 1.82) is 0 Å². The highest BCUT2D eigenvalue weighted by Crippen LogP contribution is 2.21. The molecule has 1 radical (unpaired) electrons. The monoisotopic (exact) mass is 186 g/mol. The van der Waals surface area contributed by atoms with E-state index in [1.165, 1.54) is 5.56 Å². The minimum absolute atomic E-state index is 0.706. The van der Waals surface area contributed by atoms with Crippen molar-refractivity contribution in [3.05, 3.63) is 42.7 Å². The van der Waals surface area contributed by atoms with E-state index < -0.39 is 0 Å². The fourth-order valence-electron chi connectivity index (χ4n) is 1.36. The largest absolute Gasteiger partial charge is 0.494 e. The molecule has 0 fully saturated rings. The van der Waals surface area contributed by atoms with Crippen LogP contribution < -0.4 is 4.74 Å². The molecule has 0 aliphatic rings. The van der Waals surface area contributed by atoms with Crippen molar-refractivity contribution in [2.24, 2.45) is 0 Å². The summed E-state index contributed by atoms with van der Waals surface area (Å²) in [5.74, 6) is 0.913. The van der Waals surface area contributed by atoms with Gasteiger partial charge in [0.15, 0.2) is 0 Å². The van der Waals surface area contributed by atoms with E-state index in [0.717, 1.165) is 11.3 Å². The smallest absolute Gasteiger partial charge is 0.119 e. The van der Waals surface area contributed by atoms with Crippen LogP contribution in [-0.2, 0) is 0 Å². The van der Waals surface area contributed by atoms with Crippen LogP contribution in [0.15, 0.2) is 36.5 Å². The van der Waals surface area contributed by atoms with Gasteiger partial charge in [-0.05, 0) is 36.2 Å². The summed E-state index contributed by atoms with van der Waals surface area (Å²) in [4.78, 5) is 2.91. The lowest BCUT2D eigenvalue weighted by atomic mass is 10.1. The summed E-state index contributed by atoms with van der Waals surface area (Å²) in [6.45, 7) is 2.69. The molecule has 1 heterocycles. The number of hydrogen-bond donors (Lipinski definition) is 1. The normalized spacial score (nSPS) is 10.1. The van der Waals surface area contributed by atoms with Crippen LogP contribution in [0.5, 0.6) is 5.75 Å². The molecule has 0 aliphatic heterocycles. The van der Waals surface area contributed by atoms with Gasteiger partial charge in [-0.3, -0.25) is 0 Å². The van der Waals surface area contributed by atoms with Crippen molar-refractivity contribution >= 4 is 0 Å². The summed E-state index contributed by atoms with van der Waals surface area (Å²) in [6.07, 6.45) is 4.84. The van der Waals surface area contributed by atoms with Crippen molar-refractivity contribution in [1.82, 2.24) is 4.98 Å². The first-order chi connectivity index (χ1) is 6.90. The average Bonchev–Trinajstić information content (AvgIpc) is 2.72. The molecule has 1 N–H and O–H groups in total. The molecule has 0 saturated heterocycles. The lowest BCUT2D eigenvalue weighted by Crippen LogP contribution is -1.90. The molecular formula is C12H12NO. The average molecular weight is 186 g/mol. The highest BCUT2D eigenvalue weighted by molar-refractivity contribution is 5.63. The van der Waals surface area contributed by atoms with E-state index in [4.69, 9.17) is 4.74 Å². The molecule has 0 saturated carbocycles. The van der Waals surface area contributed by atoms with E-state index in [-0.39, 0.29) is 0 Å². The van der Waals surface area contributed by atoms with Crippen molar-refractivity contribution < 1.29 is 4.74 Å². The predicted octanol–water partition coefficient (Wildman–Crippen LogP) is 2.88. The quantitative estimate of drug-likeness (QED) is 0.783. The first kappa shape index (κ1) is 8.88. The van der Waals surface area contributed by atoms with Crippen molar-refractivity contribution in [3.8, 4) is 16.9 Å². The van der Waals surface area contributed by atoms with E-state index in [2.05, 4.69) is 11.2 Å². The van der Waals surface area contributed by atoms with Crippen LogP contribution >= 0.6 is 0 Å². The van der Waals surface area contributed by atoms with Crippen LogP contribution in [0.2, 0.25) is 0 Å². The molecule has 0 aliphatic carbocycles. The fourth-order valence-corrected chi connectivity index (χ4v) is 1.36. The number of benzene rings is 1. The summed E-state index contributed by atoms with van der Waals surface area (Å²) in [5.41, 5.74) is 2.32. The van der Waals surface area contributed by atoms with Gasteiger partial charge in [0.2, 0.25) is 0 Å². The Morgan fingerprint density at radius 1 is 1.21 bits per heavy atom. The summed E-state index contributed by atoms with van der Waals surface area (Å²) in [5, 5.41) is 0. The molecule has 2 nitrogen and oxygen atoms in total. The molecule has 0 atom stereocenters. The van der Waals surface area contributed by atoms with Crippen LogP contribution in [-0.4, -0.2) is 11.6 Å². The molecule has 0 amide bonds. The number of aromatic amines is 1. The number of ether oxygens (including phenoxy) is 1. The highest BCUT2D eigenvalue weighted by Gasteiger charge is 1.97. The van der Waals surface area contributed by atoms with Gasteiger partial charge in [0, 0.05) is 6.20 Å². The van der Waals surface area contributed by atoms with Gasteiger partial charge >= 0.3 is 0 Å². The summed E-state index contributed by atoms with van der Waals surface area (Å²) in [7, 11) is 0. The van der Waals surface area contributed by atoms with Crippen LogP contribution in [0.3, 0.4) is 0 Å². The van der Waals surface area contributed by atoms with Gasteiger partial charge in [-0.2, -0.15) is 0 Å². The minimum Gasteiger partial charge on any atom is -0.494 e. The zero-order valence-corrected chi connectivity index (χ0v) is 8.08. The van der Waals surface area contributed by atoms with Gasteiger partial charge < -0.3 is 9.72 Å². The van der Waals surface area contributed by atoms with Crippen molar-refractivity contribution in [2.75, 3.05) is 6.61 Å². The van der Waals surface area contributed by atoms with E-state index >= 15 is 0 Å². The lowest BCUT2D eigenvalue weighted by Gasteiger charge is -2.03. The molecule has 1 aromatic carbocycles. The van der Waals surface area contributed by atoms with Crippen molar-refractivity contribution in [3.63, 3.8) is 0 Å². The number of hydrogen-bond acceptors (Lipinski definition) is 1. The maximum atomic E-state index is 5.36. The van der Waals surface area contributed by atoms with Gasteiger partial charge in [-0.1, -0.05) is 12.1 Å². The van der Waals surface area contributed by atoms with E-state index in [9.17, 15) is 0 Å². The van der Waals surface area contributed by atoms with Gasteiger partial charge in [0.05, 0.1) is 12.8 Å². The van der Waals surface area contributed by atoms with Crippen molar-refractivity contribution in [2.45, 2.75) is 6.92 Å². The van der Waals surface area contributed by atoms with Crippen LogP contribution in [0.25, 0.3) is 11.1 Å². The Labute approximate surface area is 83.5 Å². The summed E-state index contributed by atoms with van der Waals surface area (Å²) < 4.78 is 5.36. The second-order valence-corrected chi connectivity index (χ2v) is 2.99. The Morgan fingerprint density at radius 2 is 2.00 bits per heavy atom. The number of H-pyrrole nitrogens is 1. The zero-order chi connectivity index (χ0) is 9.80. The minimum atomic E-state index is 0.706. The molecule has 2 rings (SSSR count). The van der Waals surface area contributed by atoms with Gasteiger partial charge in [-0.25, -0.2) is 0 Å². The molecule has 0 unspecified atom stereocenters. The topological polar surface area (TPSA) is 25.0 Å². The number of aromatic nitrogens is 1. The van der Waals surface area contributed by atoms with Gasteiger partial charge in [0.25, 0.3) is 0 Å².